The summed E-state index contributed by atoms with van der Waals surface area (Å²) in [5.74, 6) is -1.97. The monoisotopic (exact) mass is 474 g/mol. The molecule has 3 rings (SSSR count). The van der Waals surface area contributed by atoms with Crippen LogP contribution in [0.5, 0.6) is 0 Å². The van der Waals surface area contributed by atoms with Crippen LogP contribution in [0, 0.1) is 17.6 Å². The third kappa shape index (κ3) is 6.59. The number of alkyl halides is 2. The summed E-state index contributed by atoms with van der Waals surface area (Å²) in [5, 5.41) is 0. The lowest BCUT2D eigenvalue weighted by Gasteiger charge is -2.29. The largest absolute Gasteiger partial charge is 0.389 e. The van der Waals surface area contributed by atoms with Crippen molar-refractivity contribution < 1.29 is 22.3 Å². The summed E-state index contributed by atoms with van der Waals surface area (Å²) >= 11 is 0. The molecule has 2 aromatic carbocycles. The first-order valence-electron chi connectivity index (χ1n) is 12.1. The van der Waals surface area contributed by atoms with Crippen molar-refractivity contribution in [3.63, 3.8) is 0 Å². The second-order valence-electron chi connectivity index (χ2n) is 9.29. The molecular formula is C29H34F4O. The van der Waals surface area contributed by atoms with Crippen LogP contribution in [0.15, 0.2) is 61.7 Å². The predicted octanol–water partition coefficient (Wildman–Crippen LogP) is 9.15. The molecule has 1 saturated carbocycles. The molecule has 0 saturated heterocycles. The van der Waals surface area contributed by atoms with Crippen LogP contribution in [0.2, 0.25) is 0 Å². The summed E-state index contributed by atoms with van der Waals surface area (Å²) in [7, 11) is 0. The quantitative estimate of drug-likeness (QED) is 0.233. The fourth-order valence-corrected chi connectivity index (χ4v) is 4.82. The van der Waals surface area contributed by atoms with Gasteiger partial charge in [0.15, 0.2) is 0 Å². The van der Waals surface area contributed by atoms with Crippen LogP contribution in [0.4, 0.5) is 17.6 Å². The average molecular weight is 475 g/mol. The van der Waals surface area contributed by atoms with Gasteiger partial charge in [0.2, 0.25) is 0 Å². The third-order valence-corrected chi connectivity index (χ3v) is 6.86. The molecule has 0 aromatic heterocycles. The second-order valence-corrected chi connectivity index (χ2v) is 9.29. The fraction of sp³-hybridized carbons (Fsp3) is 0.448. The van der Waals surface area contributed by atoms with Crippen molar-refractivity contribution in [2.75, 3.05) is 0 Å². The maximum atomic E-state index is 14.9. The van der Waals surface area contributed by atoms with E-state index in [1.165, 1.54) is 6.92 Å². The minimum absolute atomic E-state index is 0.0221. The lowest BCUT2D eigenvalue weighted by molar-refractivity contribution is -0.275. The lowest BCUT2D eigenvalue weighted by atomic mass is 9.77. The molecule has 0 N–H and O–H groups in total. The average Bonchev–Trinajstić information content (AvgIpc) is 2.81. The van der Waals surface area contributed by atoms with Gasteiger partial charge in [-0.15, -0.1) is 13.2 Å². The molecule has 184 valence electrons. The highest BCUT2D eigenvalue weighted by Gasteiger charge is 2.41. The normalized spacial score (nSPS) is 19.6. The molecule has 34 heavy (non-hydrogen) atoms. The van der Waals surface area contributed by atoms with Gasteiger partial charge in [-0.3, -0.25) is 0 Å². The SMILES string of the molecule is C=CCCc1ccc(C(C)OC(F)(F)c2c(F)cc(C3CCC(CCC=C)CC3)cc2F)cc1. The van der Waals surface area contributed by atoms with Crippen LogP contribution < -0.4 is 0 Å². The molecule has 0 radical (unpaired) electrons. The Labute approximate surface area is 200 Å². The van der Waals surface area contributed by atoms with Gasteiger partial charge in [0.05, 0.1) is 6.10 Å². The highest BCUT2D eigenvalue weighted by atomic mass is 19.3. The molecule has 5 heteroatoms. The minimum atomic E-state index is -4.10. The molecule has 0 aliphatic heterocycles. The molecule has 1 aliphatic carbocycles. The van der Waals surface area contributed by atoms with E-state index in [1.807, 2.05) is 24.3 Å². The molecule has 1 atom stereocenters. The summed E-state index contributed by atoms with van der Waals surface area (Å²) in [6.07, 6.45) is 5.73. The Morgan fingerprint density at radius 1 is 0.971 bits per heavy atom. The molecule has 1 fully saturated rings. The highest BCUT2D eigenvalue weighted by Crippen LogP contribution is 2.42. The molecule has 2 aromatic rings. The van der Waals surface area contributed by atoms with Crippen molar-refractivity contribution in [1.29, 1.82) is 0 Å². The van der Waals surface area contributed by atoms with Gasteiger partial charge in [-0.05, 0) is 98.9 Å². The zero-order valence-corrected chi connectivity index (χ0v) is 19.8. The number of ether oxygens (including phenoxy) is 1. The van der Waals surface area contributed by atoms with Gasteiger partial charge in [0.1, 0.15) is 17.2 Å². The van der Waals surface area contributed by atoms with Gasteiger partial charge in [-0.1, -0.05) is 36.4 Å². The van der Waals surface area contributed by atoms with Crippen LogP contribution in [-0.2, 0) is 17.3 Å². The van der Waals surface area contributed by atoms with Gasteiger partial charge in [0.25, 0.3) is 0 Å². The standard InChI is InChI=1S/C29H34F4O/c1-4-6-8-21-10-14-23(15-11-21)20(3)34-29(32,33)28-26(30)18-25(19-27(28)31)24-16-12-22(13-17-24)9-7-5-2/h4-5,10-11,14-15,18-20,22,24H,1-2,6-9,12-13,16-17H2,3H3. The molecule has 0 bridgehead atoms. The Morgan fingerprint density at radius 2 is 1.56 bits per heavy atom. The predicted molar refractivity (Wildman–Crippen MR) is 129 cm³/mol. The van der Waals surface area contributed by atoms with E-state index in [0.717, 1.165) is 69.1 Å². The van der Waals surface area contributed by atoms with Crippen molar-refractivity contribution in [2.24, 2.45) is 5.92 Å². The van der Waals surface area contributed by atoms with Crippen molar-refractivity contribution in [1.82, 2.24) is 0 Å². The van der Waals surface area contributed by atoms with Gasteiger partial charge in [0, 0.05) is 0 Å². The van der Waals surface area contributed by atoms with E-state index in [0.29, 0.717) is 17.0 Å². The summed E-state index contributed by atoms with van der Waals surface area (Å²) in [6, 6.07) is 9.17. The van der Waals surface area contributed by atoms with Gasteiger partial charge in [-0.2, -0.15) is 8.78 Å². The number of halogens is 4. The highest BCUT2D eigenvalue weighted by molar-refractivity contribution is 5.31. The number of benzene rings is 2. The minimum Gasteiger partial charge on any atom is -0.309 e. The van der Waals surface area contributed by atoms with Crippen LogP contribution in [-0.4, -0.2) is 0 Å². The van der Waals surface area contributed by atoms with E-state index in [4.69, 9.17) is 4.74 Å². The van der Waals surface area contributed by atoms with Gasteiger partial charge < -0.3 is 4.74 Å². The van der Waals surface area contributed by atoms with E-state index < -0.39 is 29.4 Å². The number of hydrogen-bond acceptors (Lipinski definition) is 1. The van der Waals surface area contributed by atoms with Crippen LogP contribution in [0.1, 0.15) is 86.1 Å². The third-order valence-electron chi connectivity index (χ3n) is 6.86. The number of rotatable bonds is 11. The van der Waals surface area contributed by atoms with E-state index in [-0.39, 0.29) is 5.92 Å². The van der Waals surface area contributed by atoms with Crippen LogP contribution in [0.25, 0.3) is 0 Å². The van der Waals surface area contributed by atoms with Crippen molar-refractivity contribution in [3.8, 4) is 0 Å². The Morgan fingerprint density at radius 3 is 2.12 bits per heavy atom. The maximum absolute atomic E-state index is 14.9. The number of aryl methyl sites for hydroxylation is 1. The Hall–Kier alpha value is -2.40. The number of hydrogen-bond donors (Lipinski definition) is 0. The smallest absolute Gasteiger partial charge is 0.309 e. The molecule has 0 heterocycles. The Balaban J connectivity index is 1.69. The molecular weight excluding hydrogens is 440 g/mol. The van der Waals surface area contributed by atoms with E-state index in [2.05, 4.69) is 13.2 Å². The summed E-state index contributed by atoms with van der Waals surface area (Å²) in [5.41, 5.74) is 0.669. The van der Waals surface area contributed by atoms with Gasteiger partial charge in [-0.25, -0.2) is 8.78 Å². The summed E-state index contributed by atoms with van der Waals surface area (Å²) in [6.45, 7) is 8.87. The van der Waals surface area contributed by atoms with Gasteiger partial charge >= 0.3 is 6.11 Å². The lowest BCUT2D eigenvalue weighted by Crippen LogP contribution is -2.24. The van der Waals surface area contributed by atoms with E-state index >= 15 is 0 Å². The first kappa shape index (κ1) is 26.2. The van der Waals surface area contributed by atoms with Crippen molar-refractivity contribution in [3.05, 3.63) is 95.6 Å². The zero-order chi connectivity index (χ0) is 24.7. The molecule has 1 unspecified atom stereocenters. The molecule has 1 nitrogen and oxygen atoms in total. The Bertz CT molecular complexity index is 936. The van der Waals surface area contributed by atoms with Crippen LogP contribution in [0.3, 0.4) is 0 Å². The molecule has 1 aliphatic rings. The maximum Gasteiger partial charge on any atom is 0.389 e. The second kappa shape index (κ2) is 11.8. The molecule has 0 spiro atoms. The first-order valence-corrected chi connectivity index (χ1v) is 12.1. The van der Waals surface area contributed by atoms with Crippen molar-refractivity contribution in [2.45, 2.75) is 76.4 Å². The van der Waals surface area contributed by atoms with Crippen LogP contribution >= 0.6 is 0 Å². The first-order chi connectivity index (χ1) is 16.2. The fourth-order valence-electron chi connectivity index (χ4n) is 4.82. The number of allylic oxidation sites excluding steroid dienone is 2. The topological polar surface area (TPSA) is 9.23 Å². The van der Waals surface area contributed by atoms with E-state index in [1.54, 1.807) is 12.1 Å². The summed E-state index contributed by atoms with van der Waals surface area (Å²) < 4.78 is 64.3. The summed E-state index contributed by atoms with van der Waals surface area (Å²) in [4.78, 5) is 0. The molecule has 0 amide bonds. The van der Waals surface area contributed by atoms with Crippen molar-refractivity contribution >= 4 is 0 Å². The van der Waals surface area contributed by atoms with E-state index in [9.17, 15) is 17.6 Å². The zero-order valence-electron chi connectivity index (χ0n) is 19.8. The Kier molecular flexibility index (Phi) is 9.12.